The highest BCUT2D eigenvalue weighted by Crippen LogP contribution is 2.02. The predicted octanol–water partition coefficient (Wildman–Crippen LogP) is 0.184. The van der Waals surface area contributed by atoms with Crippen molar-refractivity contribution in [3.63, 3.8) is 0 Å². The quantitative estimate of drug-likeness (QED) is 0.783. The van der Waals surface area contributed by atoms with E-state index in [2.05, 4.69) is 5.10 Å². The first-order chi connectivity index (χ1) is 7.00. The van der Waals surface area contributed by atoms with Crippen molar-refractivity contribution in [1.29, 1.82) is 0 Å². The van der Waals surface area contributed by atoms with Gasteiger partial charge < -0.3 is 5.11 Å². The fourth-order valence-corrected chi connectivity index (χ4v) is 2.12. The first-order valence-corrected chi connectivity index (χ1v) is 5.96. The summed E-state index contributed by atoms with van der Waals surface area (Å²) in [7, 11) is 0.483. The van der Waals surface area contributed by atoms with Gasteiger partial charge in [0.05, 0.1) is 6.20 Å². The summed E-state index contributed by atoms with van der Waals surface area (Å²) in [5.74, 6) is -0.654. The molecule has 15 heavy (non-hydrogen) atoms. The Morgan fingerprint density at radius 3 is 2.87 bits per heavy atom. The largest absolute Gasteiger partial charge is 0.480 e. The third-order valence-corrected chi connectivity index (χ3v) is 3.69. The molecular formula is C9H14N2O3S. The van der Waals surface area contributed by atoms with Gasteiger partial charge in [-0.25, -0.2) is 0 Å². The maximum Gasteiger partial charge on any atom is 0.318 e. The molecule has 0 saturated carbocycles. The maximum absolute atomic E-state index is 11.5. The van der Waals surface area contributed by atoms with E-state index >= 15 is 0 Å². The smallest absolute Gasteiger partial charge is 0.318 e. The summed E-state index contributed by atoms with van der Waals surface area (Å²) in [6.07, 6.45) is 4.13. The standard InChI is InChI=1S/C9H14N2O3S/c1-7(9(12)13)15(14)4-3-8-5-10-11(2)6-8/h5-7H,3-4H2,1-2H3,(H,12,13). The van der Waals surface area contributed by atoms with Crippen LogP contribution < -0.4 is 0 Å². The molecule has 5 nitrogen and oxygen atoms in total. The molecule has 1 aromatic rings. The second kappa shape index (κ2) is 5.06. The van der Waals surface area contributed by atoms with E-state index < -0.39 is 22.0 Å². The minimum absolute atomic E-state index is 0.360. The minimum Gasteiger partial charge on any atom is -0.480 e. The van der Waals surface area contributed by atoms with Crippen molar-refractivity contribution < 1.29 is 14.1 Å². The molecule has 0 bridgehead atoms. The second-order valence-electron chi connectivity index (χ2n) is 3.34. The number of carboxylic acids is 1. The molecule has 84 valence electrons. The SMILES string of the molecule is CC(C(=O)O)S(=O)CCc1cnn(C)c1. The van der Waals surface area contributed by atoms with Crippen LogP contribution in [0, 0.1) is 0 Å². The molecule has 6 heteroatoms. The Balaban J connectivity index is 2.44. The van der Waals surface area contributed by atoms with Gasteiger partial charge in [-0.1, -0.05) is 0 Å². The summed E-state index contributed by atoms with van der Waals surface area (Å²) in [6, 6.07) is 0. The van der Waals surface area contributed by atoms with Crippen LogP contribution in [0.5, 0.6) is 0 Å². The van der Waals surface area contributed by atoms with Crippen LogP contribution in [0.2, 0.25) is 0 Å². The zero-order chi connectivity index (χ0) is 11.4. The highest BCUT2D eigenvalue weighted by atomic mass is 32.2. The van der Waals surface area contributed by atoms with Crippen molar-refractivity contribution in [1.82, 2.24) is 9.78 Å². The van der Waals surface area contributed by atoms with Gasteiger partial charge in [-0.15, -0.1) is 0 Å². The van der Waals surface area contributed by atoms with Crippen LogP contribution in [0.4, 0.5) is 0 Å². The Kier molecular flexibility index (Phi) is 4.02. The monoisotopic (exact) mass is 230 g/mol. The summed E-state index contributed by atoms with van der Waals surface area (Å²) in [6.45, 7) is 1.46. The molecule has 2 atom stereocenters. The van der Waals surface area contributed by atoms with E-state index in [1.807, 2.05) is 6.20 Å². The van der Waals surface area contributed by atoms with Crippen molar-refractivity contribution in [3.05, 3.63) is 18.0 Å². The van der Waals surface area contributed by atoms with Gasteiger partial charge in [0.15, 0.2) is 0 Å². The van der Waals surface area contributed by atoms with E-state index in [0.29, 0.717) is 12.2 Å². The van der Waals surface area contributed by atoms with Gasteiger partial charge >= 0.3 is 5.97 Å². The van der Waals surface area contributed by atoms with E-state index in [9.17, 15) is 9.00 Å². The molecule has 0 amide bonds. The molecule has 1 rings (SSSR count). The highest BCUT2D eigenvalue weighted by molar-refractivity contribution is 7.86. The zero-order valence-corrected chi connectivity index (χ0v) is 9.53. The molecule has 1 N–H and O–H groups in total. The van der Waals surface area contributed by atoms with Gasteiger partial charge in [-0.3, -0.25) is 13.7 Å². The molecule has 0 aliphatic carbocycles. The van der Waals surface area contributed by atoms with Crippen molar-refractivity contribution in [2.75, 3.05) is 5.75 Å². The molecule has 0 radical (unpaired) electrons. The van der Waals surface area contributed by atoms with Gasteiger partial charge in [0, 0.05) is 29.8 Å². The van der Waals surface area contributed by atoms with Crippen LogP contribution in [-0.2, 0) is 29.1 Å². The summed E-state index contributed by atoms with van der Waals surface area (Å²) in [5, 5.41) is 11.8. The fourth-order valence-electron chi connectivity index (χ4n) is 1.11. The van der Waals surface area contributed by atoms with Crippen LogP contribution >= 0.6 is 0 Å². The highest BCUT2D eigenvalue weighted by Gasteiger charge is 2.18. The van der Waals surface area contributed by atoms with Crippen LogP contribution in [0.25, 0.3) is 0 Å². The number of hydrogen-bond acceptors (Lipinski definition) is 3. The summed E-state index contributed by atoms with van der Waals surface area (Å²) in [5.41, 5.74) is 0.975. The Labute approximate surface area is 90.6 Å². The zero-order valence-electron chi connectivity index (χ0n) is 8.71. The molecule has 2 unspecified atom stereocenters. The van der Waals surface area contributed by atoms with Crippen molar-refractivity contribution in [2.24, 2.45) is 7.05 Å². The molecule has 0 aromatic carbocycles. The normalized spacial score (nSPS) is 14.8. The number of aromatic nitrogens is 2. The van der Waals surface area contributed by atoms with Crippen LogP contribution in [-0.4, -0.2) is 36.1 Å². The third-order valence-electron chi connectivity index (χ3n) is 2.09. The Bertz CT molecular complexity index is 375. The molecule has 0 saturated heterocycles. The Morgan fingerprint density at radius 1 is 1.73 bits per heavy atom. The molecule has 1 heterocycles. The lowest BCUT2D eigenvalue weighted by Gasteiger charge is -2.04. The number of nitrogens with zero attached hydrogens (tertiary/aromatic N) is 2. The van der Waals surface area contributed by atoms with E-state index in [0.717, 1.165) is 5.56 Å². The summed E-state index contributed by atoms with van der Waals surface area (Å²) in [4.78, 5) is 10.5. The Hall–Kier alpha value is -1.17. The number of carboxylic acid groups (broad SMARTS) is 1. The van der Waals surface area contributed by atoms with Gasteiger partial charge in [-0.05, 0) is 18.9 Å². The summed E-state index contributed by atoms with van der Waals surface area (Å²) >= 11 is 0. The Morgan fingerprint density at radius 2 is 2.40 bits per heavy atom. The van der Waals surface area contributed by atoms with E-state index in [-0.39, 0.29) is 0 Å². The van der Waals surface area contributed by atoms with Gasteiger partial charge in [-0.2, -0.15) is 5.10 Å². The average Bonchev–Trinajstić information content (AvgIpc) is 2.59. The molecule has 0 fully saturated rings. The topological polar surface area (TPSA) is 72.2 Å². The summed E-state index contributed by atoms with van der Waals surface area (Å²) < 4.78 is 13.1. The van der Waals surface area contributed by atoms with E-state index in [1.54, 1.807) is 17.9 Å². The average molecular weight is 230 g/mol. The van der Waals surface area contributed by atoms with Gasteiger partial charge in [0.25, 0.3) is 0 Å². The maximum atomic E-state index is 11.5. The lowest BCUT2D eigenvalue weighted by molar-refractivity contribution is -0.136. The van der Waals surface area contributed by atoms with Crippen LogP contribution in [0.1, 0.15) is 12.5 Å². The van der Waals surface area contributed by atoms with E-state index in [1.165, 1.54) is 6.92 Å². The number of aryl methyl sites for hydroxylation is 2. The van der Waals surface area contributed by atoms with E-state index in [4.69, 9.17) is 5.11 Å². The lowest BCUT2D eigenvalue weighted by atomic mass is 10.3. The van der Waals surface area contributed by atoms with Crippen molar-refractivity contribution in [3.8, 4) is 0 Å². The van der Waals surface area contributed by atoms with Crippen molar-refractivity contribution in [2.45, 2.75) is 18.6 Å². The number of hydrogen-bond donors (Lipinski definition) is 1. The number of rotatable bonds is 5. The van der Waals surface area contributed by atoms with Gasteiger partial charge in [0.1, 0.15) is 5.25 Å². The first-order valence-electron chi connectivity index (χ1n) is 4.58. The third kappa shape index (κ3) is 3.47. The molecule has 0 aliphatic rings. The van der Waals surface area contributed by atoms with Crippen molar-refractivity contribution >= 4 is 16.8 Å². The van der Waals surface area contributed by atoms with Crippen LogP contribution in [0.15, 0.2) is 12.4 Å². The molecule has 0 aliphatic heterocycles. The number of aliphatic carboxylic acids is 1. The predicted molar refractivity (Wildman–Crippen MR) is 57.0 cm³/mol. The molecule has 1 aromatic heterocycles. The second-order valence-corrected chi connectivity index (χ2v) is 5.21. The lowest BCUT2D eigenvalue weighted by Crippen LogP contribution is -2.24. The minimum atomic E-state index is -1.32. The molecular weight excluding hydrogens is 216 g/mol. The van der Waals surface area contributed by atoms with Crippen LogP contribution in [0.3, 0.4) is 0 Å². The fraction of sp³-hybridized carbons (Fsp3) is 0.556. The molecule has 0 spiro atoms. The number of carbonyl (C=O) groups is 1. The van der Waals surface area contributed by atoms with Gasteiger partial charge in [0.2, 0.25) is 0 Å². The first kappa shape index (κ1) is 11.9.